The Morgan fingerprint density at radius 1 is 0.705 bits per heavy atom. The topological polar surface area (TPSA) is 56.8 Å². The molecule has 2 unspecified atom stereocenters. The number of unbranched alkanes of at least 4 members (excludes halogenated alkanes) is 20. The summed E-state index contributed by atoms with van der Waals surface area (Å²) in [5, 5.41) is 0.338. The SMILES string of the molecule is CCCCCCCCCCCCC1CCO[Si](CCCSC(=O)CCCCCCC)(OCCCCCCCCCC)ONC1. The highest BCUT2D eigenvalue weighted by Crippen LogP contribution is 2.25. The van der Waals surface area contributed by atoms with Crippen molar-refractivity contribution in [2.75, 3.05) is 25.5 Å². The minimum absolute atomic E-state index is 0.338. The van der Waals surface area contributed by atoms with Crippen LogP contribution in [0.3, 0.4) is 0 Å². The van der Waals surface area contributed by atoms with E-state index in [-0.39, 0.29) is 0 Å². The summed E-state index contributed by atoms with van der Waals surface area (Å²) in [4.78, 5) is 12.4. The number of carbonyl (C=O) groups is 1. The molecule has 1 fully saturated rings. The first-order chi connectivity index (χ1) is 21.7. The fourth-order valence-electron chi connectivity index (χ4n) is 6.10. The average molecular weight is 658 g/mol. The highest BCUT2D eigenvalue weighted by molar-refractivity contribution is 8.13. The smallest absolute Gasteiger partial charge is 0.373 e. The number of hydrogen-bond acceptors (Lipinski definition) is 6. The molecule has 0 bridgehead atoms. The molecule has 0 saturated carbocycles. The van der Waals surface area contributed by atoms with E-state index in [1.165, 1.54) is 153 Å². The summed E-state index contributed by atoms with van der Waals surface area (Å²) in [6, 6.07) is 0.789. The molecule has 5 nitrogen and oxygen atoms in total. The largest absolute Gasteiger partial charge is 0.517 e. The molecule has 1 saturated heterocycles. The second-order valence-electron chi connectivity index (χ2n) is 13.4. The molecular weight excluding hydrogens is 583 g/mol. The maximum Gasteiger partial charge on any atom is 0.517 e. The highest BCUT2D eigenvalue weighted by atomic mass is 32.2. The van der Waals surface area contributed by atoms with Gasteiger partial charge in [-0.25, -0.2) is 5.48 Å². The lowest BCUT2D eigenvalue weighted by Crippen LogP contribution is -2.52. The molecule has 0 aromatic carbocycles. The van der Waals surface area contributed by atoms with Crippen LogP contribution in [0.4, 0.5) is 0 Å². The number of hydrogen-bond donors (Lipinski definition) is 1. The van der Waals surface area contributed by atoms with E-state index in [1.807, 2.05) is 0 Å². The van der Waals surface area contributed by atoms with Gasteiger partial charge in [0.1, 0.15) is 0 Å². The van der Waals surface area contributed by atoms with Crippen molar-refractivity contribution in [3.63, 3.8) is 0 Å². The molecule has 7 heteroatoms. The molecule has 0 spiro atoms. The number of thioether (sulfide) groups is 1. The van der Waals surface area contributed by atoms with E-state index < -0.39 is 8.80 Å². The zero-order valence-corrected chi connectivity index (χ0v) is 31.6. The maximum atomic E-state index is 12.4. The molecule has 0 aliphatic carbocycles. The van der Waals surface area contributed by atoms with Gasteiger partial charge in [0.25, 0.3) is 0 Å². The molecule has 1 heterocycles. The summed E-state index contributed by atoms with van der Waals surface area (Å²) >= 11 is 1.50. The minimum atomic E-state index is -2.79. The van der Waals surface area contributed by atoms with E-state index in [0.29, 0.717) is 24.1 Å². The standard InChI is InChI=1S/C37H75NO4SSi/c1-4-7-10-13-15-17-18-19-22-24-28-36-30-32-41-44(42-38-35-36,40-31-26-23-20-16-14-11-8-5-2)34-27-33-43-37(39)29-25-21-12-9-6-3/h36,38H,4-35H2,1-3H3. The van der Waals surface area contributed by atoms with Crippen molar-refractivity contribution in [1.29, 1.82) is 0 Å². The van der Waals surface area contributed by atoms with Gasteiger partial charge in [0.05, 0.1) is 0 Å². The number of nitrogens with one attached hydrogen (secondary N) is 1. The van der Waals surface area contributed by atoms with Crippen LogP contribution < -0.4 is 5.48 Å². The molecule has 1 N–H and O–H groups in total. The van der Waals surface area contributed by atoms with Crippen molar-refractivity contribution >= 4 is 25.7 Å². The first kappa shape index (κ1) is 42.1. The summed E-state index contributed by atoms with van der Waals surface area (Å²) in [6.45, 7) is 9.13. The Kier molecular flexibility index (Phi) is 30.3. The second kappa shape index (κ2) is 31.7. The van der Waals surface area contributed by atoms with Crippen LogP contribution in [0.5, 0.6) is 0 Å². The fraction of sp³-hybridized carbons (Fsp3) is 0.973. The first-order valence-corrected chi connectivity index (χ1v) is 22.4. The normalized spacial score (nSPS) is 19.2. The van der Waals surface area contributed by atoms with Crippen molar-refractivity contribution in [2.45, 2.75) is 200 Å². The van der Waals surface area contributed by atoms with Gasteiger partial charge < -0.3 is 8.85 Å². The second-order valence-corrected chi connectivity index (χ2v) is 17.2. The van der Waals surface area contributed by atoms with Crippen LogP contribution in [-0.2, 0) is 18.2 Å². The molecule has 1 aliphatic rings. The van der Waals surface area contributed by atoms with Gasteiger partial charge in [0, 0.05) is 38.0 Å². The van der Waals surface area contributed by atoms with E-state index in [9.17, 15) is 4.79 Å². The Morgan fingerprint density at radius 3 is 1.82 bits per heavy atom. The Balaban J connectivity index is 2.36. The van der Waals surface area contributed by atoms with Crippen LogP contribution in [0.25, 0.3) is 0 Å². The number of carbonyl (C=O) groups excluding carboxylic acids is 1. The lowest BCUT2D eigenvalue weighted by molar-refractivity contribution is -0.111. The molecule has 0 aromatic heterocycles. The number of hydroxylamine groups is 1. The monoisotopic (exact) mass is 658 g/mol. The zero-order chi connectivity index (χ0) is 31.8. The molecule has 1 aliphatic heterocycles. The summed E-state index contributed by atoms with van der Waals surface area (Å²) in [5.74, 6) is 1.44. The predicted octanol–water partition coefficient (Wildman–Crippen LogP) is 12.0. The third-order valence-electron chi connectivity index (χ3n) is 9.11. The van der Waals surface area contributed by atoms with Gasteiger partial charge in [0.15, 0.2) is 5.12 Å². The molecule has 0 amide bonds. The van der Waals surface area contributed by atoms with Crippen LogP contribution in [0.2, 0.25) is 6.04 Å². The zero-order valence-electron chi connectivity index (χ0n) is 29.7. The van der Waals surface area contributed by atoms with Gasteiger partial charge in [-0.3, -0.25) is 9.32 Å². The van der Waals surface area contributed by atoms with Crippen molar-refractivity contribution < 1.29 is 18.2 Å². The lowest BCUT2D eigenvalue weighted by Gasteiger charge is -2.33. The first-order valence-electron chi connectivity index (χ1n) is 19.5. The van der Waals surface area contributed by atoms with Crippen molar-refractivity contribution in [2.24, 2.45) is 5.92 Å². The Morgan fingerprint density at radius 2 is 1.23 bits per heavy atom. The van der Waals surface area contributed by atoms with Gasteiger partial charge in [-0.15, -0.1) is 0 Å². The third kappa shape index (κ3) is 25.2. The van der Waals surface area contributed by atoms with Crippen LogP contribution in [0, 0.1) is 5.92 Å². The third-order valence-corrected chi connectivity index (χ3v) is 12.8. The fourth-order valence-corrected chi connectivity index (χ4v) is 9.55. The maximum absolute atomic E-state index is 12.4. The summed E-state index contributed by atoms with van der Waals surface area (Å²) in [7, 11) is -2.79. The van der Waals surface area contributed by atoms with E-state index in [0.717, 1.165) is 50.6 Å². The lowest BCUT2D eigenvalue weighted by atomic mass is 9.97. The van der Waals surface area contributed by atoms with Crippen LogP contribution in [0.15, 0.2) is 0 Å². The molecule has 2 atom stereocenters. The highest BCUT2D eigenvalue weighted by Gasteiger charge is 2.42. The van der Waals surface area contributed by atoms with Crippen molar-refractivity contribution in [3.05, 3.63) is 0 Å². The quantitative estimate of drug-likeness (QED) is 0.0591. The van der Waals surface area contributed by atoms with E-state index in [2.05, 4.69) is 26.3 Å². The van der Waals surface area contributed by atoms with Crippen LogP contribution >= 0.6 is 11.8 Å². The van der Waals surface area contributed by atoms with Crippen molar-refractivity contribution in [1.82, 2.24) is 5.48 Å². The van der Waals surface area contributed by atoms with E-state index >= 15 is 0 Å². The van der Waals surface area contributed by atoms with E-state index in [1.54, 1.807) is 0 Å². The minimum Gasteiger partial charge on any atom is -0.373 e. The summed E-state index contributed by atoms with van der Waals surface area (Å²) in [6.07, 6.45) is 34.1. The van der Waals surface area contributed by atoms with Gasteiger partial charge >= 0.3 is 8.80 Å². The summed E-state index contributed by atoms with van der Waals surface area (Å²) < 4.78 is 19.4. The van der Waals surface area contributed by atoms with E-state index in [4.69, 9.17) is 13.4 Å². The van der Waals surface area contributed by atoms with Gasteiger partial charge in [-0.1, -0.05) is 167 Å². The Bertz CT molecular complexity index is 616. The molecule has 44 heavy (non-hydrogen) atoms. The van der Waals surface area contributed by atoms with Crippen LogP contribution in [0.1, 0.15) is 194 Å². The summed E-state index contributed by atoms with van der Waals surface area (Å²) in [5.41, 5.74) is 3.33. The van der Waals surface area contributed by atoms with Crippen molar-refractivity contribution in [3.8, 4) is 0 Å². The molecule has 0 aromatic rings. The molecule has 0 radical (unpaired) electrons. The van der Waals surface area contributed by atoms with Gasteiger partial charge in [0.2, 0.25) is 0 Å². The molecular formula is C37H75NO4SSi. The van der Waals surface area contributed by atoms with Gasteiger partial charge in [-0.2, -0.15) is 0 Å². The Hall–Kier alpha value is 0.0769. The number of rotatable bonds is 31. The average Bonchev–Trinajstić information content (AvgIpc) is 3.01. The molecule has 262 valence electrons. The van der Waals surface area contributed by atoms with Crippen LogP contribution in [-0.4, -0.2) is 39.4 Å². The van der Waals surface area contributed by atoms with Gasteiger partial charge in [-0.05, 0) is 38.0 Å². The molecule has 1 rings (SSSR count). The predicted molar refractivity (Wildman–Crippen MR) is 194 cm³/mol. The Labute approximate surface area is 280 Å².